The van der Waals surface area contributed by atoms with Gasteiger partial charge >= 0.3 is 0 Å². The molecule has 2 aromatic rings. The Kier molecular flexibility index (Phi) is 5.04. The van der Waals surface area contributed by atoms with Gasteiger partial charge in [-0.1, -0.05) is 29.8 Å². The van der Waals surface area contributed by atoms with E-state index < -0.39 is 17.5 Å². The van der Waals surface area contributed by atoms with E-state index in [4.69, 9.17) is 0 Å². The van der Waals surface area contributed by atoms with Crippen molar-refractivity contribution in [3.05, 3.63) is 65.0 Å². The Bertz CT molecular complexity index is 672. The molecule has 0 heterocycles. The molecule has 2 rings (SSSR count). The quantitative estimate of drug-likeness (QED) is 0.833. The minimum atomic E-state index is -1.56. The highest BCUT2D eigenvalue weighted by atomic mass is 19.2. The lowest BCUT2D eigenvalue weighted by Gasteiger charge is -2.09. The van der Waals surface area contributed by atoms with E-state index in [0.29, 0.717) is 6.54 Å². The van der Waals surface area contributed by atoms with Crippen LogP contribution in [0.5, 0.6) is 0 Å². The maximum atomic E-state index is 13.4. The molecule has 2 N–H and O–H groups in total. The summed E-state index contributed by atoms with van der Waals surface area (Å²) in [6, 6.07) is 9.47. The van der Waals surface area contributed by atoms with Crippen molar-refractivity contribution in [2.75, 3.05) is 11.9 Å². The predicted octanol–water partition coefficient (Wildman–Crippen LogP) is 3.14. The fourth-order valence-electron chi connectivity index (χ4n) is 1.81. The van der Waals surface area contributed by atoms with E-state index in [9.17, 15) is 18.0 Å². The third-order valence-electron chi connectivity index (χ3n) is 3.08. The van der Waals surface area contributed by atoms with Crippen molar-refractivity contribution in [2.24, 2.45) is 0 Å². The van der Waals surface area contributed by atoms with Crippen LogP contribution in [0.25, 0.3) is 0 Å². The van der Waals surface area contributed by atoms with Crippen molar-refractivity contribution in [3.63, 3.8) is 0 Å². The number of hydrogen-bond acceptors (Lipinski definition) is 2. The summed E-state index contributed by atoms with van der Waals surface area (Å²) in [5.41, 5.74) is 1.79. The average molecular weight is 308 g/mol. The van der Waals surface area contributed by atoms with Crippen molar-refractivity contribution in [2.45, 2.75) is 13.5 Å². The zero-order chi connectivity index (χ0) is 16.1. The maximum Gasteiger partial charge on any atom is 0.239 e. The Morgan fingerprint density at radius 2 is 1.68 bits per heavy atom. The molecule has 3 nitrogen and oxygen atoms in total. The topological polar surface area (TPSA) is 41.1 Å². The van der Waals surface area contributed by atoms with Crippen LogP contribution in [-0.4, -0.2) is 12.5 Å². The molecule has 0 unspecified atom stereocenters. The highest BCUT2D eigenvalue weighted by molar-refractivity contribution is 5.80. The second kappa shape index (κ2) is 6.98. The number of carbonyl (C=O) groups excluding carboxylic acids is 1. The minimum absolute atomic E-state index is 0.242. The van der Waals surface area contributed by atoms with Crippen molar-refractivity contribution in [1.82, 2.24) is 5.32 Å². The molecule has 6 heteroatoms. The summed E-state index contributed by atoms with van der Waals surface area (Å²) < 4.78 is 39.2. The van der Waals surface area contributed by atoms with Crippen LogP contribution in [0.15, 0.2) is 36.4 Å². The third-order valence-corrected chi connectivity index (χ3v) is 3.08. The zero-order valence-corrected chi connectivity index (χ0v) is 11.9. The van der Waals surface area contributed by atoms with E-state index >= 15 is 0 Å². The van der Waals surface area contributed by atoms with Crippen LogP contribution in [0.4, 0.5) is 18.9 Å². The molecule has 0 fully saturated rings. The summed E-state index contributed by atoms with van der Waals surface area (Å²) in [5, 5.41) is 5.07. The fraction of sp³-hybridized carbons (Fsp3) is 0.188. The molecule has 0 aromatic heterocycles. The molecule has 0 atom stereocenters. The van der Waals surface area contributed by atoms with Crippen molar-refractivity contribution in [1.29, 1.82) is 0 Å². The van der Waals surface area contributed by atoms with Gasteiger partial charge in [0.1, 0.15) is 0 Å². The van der Waals surface area contributed by atoms with Gasteiger partial charge in [0.25, 0.3) is 0 Å². The summed E-state index contributed by atoms with van der Waals surface area (Å²) in [7, 11) is 0. The summed E-state index contributed by atoms with van der Waals surface area (Å²) in [5.74, 6) is -4.56. The van der Waals surface area contributed by atoms with Crippen molar-refractivity contribution in [3.8, 4) is 0 Å². The van der Waals surface area contributed by atoms with Gasteiger partial charge in [0.2, 0.25) is 5.91 Å². The van der Waals surface area contributed by atoms with Gasteiger partial charge in [-0.05, 0) is 24.6 Å². The molecule has 1 amide bonds. The first-order valence-electron chi connectivity index (χ1n) is 6.67. The van der Waals surface area contributed by atoms with Gasteiger partial charge < -0.3 is 10.6 Å². The number of hydrogen-bond donors (Lipinski definition) is 2. The molecule has 0 bridgehead atoms. The first-order chi connectivity index (χ1) is 10.5. The number of nitrogens with one attached hydrogen (secondary N) is 2. The standard InChI is InChI=1S/C16H15F3N2O/c1-10-2-4-11(5-3-10)8-21-14(22)9-20-13-7-6-12(17)15(18)16(13)19/h2-7,20H,8-9H2,1H3,(H,21,22). The summed E-state index contributed by atoms with van der Waals surface area (Å²) in [6.07, 6.45) is 0. The Morgan fingerprint density at radius 1 is 1.00 bits per heavy atom. The Hall–Kier alpha value is -2.50. The molecule has 2 aromatic carbocycles. The van der Waals surface area contributed by atoms with Crippen LogP contribution in [0, 0.1) is 24.4 Å². The predicted molar refractivity (Wildman–Crippen MR) is 77.8 cm³/mol. The fourth-order valence-corrected chi connectivity index (χ4v) is 1.81. The minimum Gasteiger partial charge on any atom is -0.374 e. The molecule has 0 saturated carbocycles. The average Bonchev–Trinajstić information content (AvgIpc) is 2.51. The Labute approximate surface area is 126 Å². The zero-order valence-electron chi connectivity index (χ0n) is 11.9. The van der Waals surface area contributed by atoms with Crippen LogP contribution < -0.4 is 10.6 Å². The summed E-state index contributed by atoms with van der Waals surface area (Å²) >= 11 is 0. The first kappa shape index (κ1) is 15.9. The van der Waals surface area contributed by atoms with Crippen LogP contribution in [0.3, 0.4) is 0 Å². The number of amides is 1. The van der Waals surface area contributed by atoms with E-state index in [1.807, 2.05) is 31.2 Å². The molecule has 0 spiro atoms. The highest BCUT2D eigenvalue weighted by Crippen LogP contribution is 2.19. The lowest BCUT2D eigenvalue weighted by atomic mass is 10.1. The molecule has 0 radical (unpaired) electrons. The third kappa shape index (κ3) is 4.00. The van der Waals surface area contributed by atoms with Crippen molar-refractivity contribution >= 4 is 11.6 Å². The molecule has 0 aliphatic rings. The van der Waals surface area contributed by atoms with Gasteiger partial charge in [0.15, 0.2) is 17.5 Å². The van der Waals surface area contributed by atoms with E-state index in [1.165, 1.54) is 0 Å². The van der Waals surface area contributed by atoms with E-state index in [-0.39, 0.29) is 18.1 Å². The molecule has 0 aliphatic carbocycles. The van der Waals surface area contributed by atoms with Gasteiger partial charge in [0, 0.05) is 6.54 Å². The lowest BCUT2D eigenvalue weighted by molar-refractivity contribution is -0.119. The monoisotopic (exact) mass is 308 g/mol. The van der Waals surface area contributed by atoms with Crippen LogP contribution >= 0.6 is 0 Å². The summed E-state index contributed by atoms with van der Waals surface area (Å²) in [4.78, 5) is 11.7. The van der Waals surface area contributed by atoms with E-state index in [2.05, 4.69) is 10.6 Å². The van der Waals surface area contributed by atoms with Crippen molar-refractivity contribution < 1.29 is 18.0 Å². The molecular formula is C16H15F3N2O. The van der Waals surface area contributed by atoms with E-state index in [1.54, 1.807) is 0 Å². The lowest BCUT2D eigenvalue weighted by Crippen LogP contribution is -2.29. The van der Waals surface area contributed by atoms with Gasteiger partial charge in [-0.2, -0.15) is 0 Å². The Morgan fingerprint density at radius 3 is 2.36 bits per heavy atom. The molecule has 0 saturated heterocycles. The number of rotatable bonds is 5. The van der Waals surface area contributed by atoms with Crippen LogP contribution in [-0.2, 0) is 11.3 Å². The van der Waals surface area contributed by atoms with Gasteiger partial charge in [-0.25, -0.2) is 13.2 Å². The summed E-state index contributed by atoms with van der Waals surface area (Å²) in [6.45, 7) is 2.05. The molecule has 0 aliphatic heterocycles. The van der Waals surface area contributed by atoms with Gasteiger partial charge in [0.05, 0.1) is 12.2 Å². The number of halogens is 3. The maximum absolute atomic E-state index is 13.4. The first-order valence-corrected chi connectivity index (χ1v) is 6.67. The van der Waals surface area contributed by atoms with E-state index in [0.717, 1.165) is 23.3 Å². The van der Waals surface area contributed by atoms with Gasteiger partial charge in [-0.3, -0.25) is 4.79 Å². The highest BCUT2D eigenvalue weighted by Gasteiger charge is 2.13. The Balaban J connectivity index is 1.85. The number of benzene rings is 2. The van der Waals surface area contributed by atoms with Gasteiger partial charge in [-0.15, -0.1) is 0 Å². The second-order valence-electron chi connectivity index (χ2n) is 4.84. The number of aryl methyl sites for hydroxylation is 1. The largest absolute Gasteiger partial charge is 0.374 e. The molecule has 22 heavy (non-hydrogen) atoms. The number of carbonyl (C=O) groups is 1. The smallest absolute Gasteiger partial charge is 0.239 e. The normalized spacial score (nSPS) is 10.4. The van der Waals surface area contributed by atoms with Crippen LogP contribution in [0.1, 0.15) is 11.1 Å². The molecule has 116 valence electrons. The second-order valence-corrected chi connectivity index (χ2v) is 4.84. The SMILES string of the molecule is Cc1ccc(CNC(=O)CNc2ccc(F)c(F)c2F)cc1. The number of anilines is 1. The molecular weight excluding hydrogens is 293 g/mol. The van der Waals surface area contributed by atoms with Crippen LogP contribution in [0.2, 0.25) is 0 Å².